The van der Waals surface area contributed by atoms with Gasteiger partial charge >= 0.3 is 0 Å². The number of benzene rings is 2. The lowest BCUT2D eigenvalue weighted by molar-refractivity contribution is 0.627. The van der Waals surface area contributed by atoms with Gasteiger partial charge in [-0.3, -0.25) is 0 Å². The molecule has 0 heterocycles. The zero-order chi connectivity index (χ0) is 12.3. The highest BCUT2D eigenvalue weighted by atomic mass is 79.9. The average Bonchev–Trinajstić information content (AvgIpc) is 2.33. The monoisotopic (exact) mass is 313 g/mol. The Labute approximate surface area is 113 Å². The number of hydrogen-bond donors (Lipinski definition) is 1. The largest absolute Gasteiger partial charge is 0.381 e. The minimum absolute atomic E-state index is 0.222. The van der Waals surface area contributed by atoms with E-state index in [0.29, 0.717) is 11.6 Å². The van der Waals surface area contributed by atoms with Crippen LogP contribution in [0.3, 0.4) is 0 Å². The summed E-state index contributed by atoms with van der Waals surface area (Å²) < 4.78 is 13.6. The molecule has 1 N–H and O–H groups in total. The number of hydrogen-bond acceptors (Lipinski definition) is 1. The van der Waals surface area contributed by atoms with Crippen molar-refractivity contribution in [2.24, 2.45) is 0 Å². The van der Waals surface area contributed by atoms with Crippen molar-refractivity contribution in [2.45, 2.75) is 6.54 Å². The van der Waals surface area contributed by atoms with Gasteiger partial charge in [0.05, 0.1) is 5.02 Å². The molecule has 0 spiro atoms. The van der Waals surface area contributed by atoms with Crippen LogP contribution < -0.4 is 5.32 Å². The fourth-order valence-corrected chi connectivity index (χ4v) is 1.84. The Kier molecular flexibility index (Phi) is 4.02. The molecule has 0 radical (unpaired) electrons. The Bertz CT molecular complexity index is 513. The first-order valence-electron chi connectivity index (χ1n) is 5.08. The molecule has 0 saturated heterocycles. The van der Waals surface area contributed by atoms with Gasteiger partial charge in [-0.15, -0.1) is 0 Å². The summed E-state index contributed by atoms with van der Waals surface area (Å²) in [6, 6.07) is 12.1. The van der Waals surface area contributed by atoms with Gasteiger partial charge in [0.15, 0.2) is 0 Å². The summed E-state index contributed by atoms with van der Waals surface area (Å²) in [5.41, 5.74) is 1.95. The number of anilines is 1. The summed E-state index contributed by atoms with van der Waals surface area (Å²) in [5.74, 6) is -0.222. The van der Waals surface area contributed by atoms with E-state index < -0.39 is 0 Å². The Morgan fingerprint density at radius 3 is 2.47 bits per heavy atom. The molecule has 2 rings (SSSR count). The highest BCUT2D eigenvalue weighted by Crippen LogP contribution is 2.25. The maximum Gasteiger partial charge on any atom is 0.123 e. The van der Waals surface area contributed by atoms with Crippen LogP contribution in [0.15, 0.2) is 46.9 Å². The zero-order valence-corrected chi connectivity index (χ0v) is 11.2. The quantitative estimate of drug-likeness (QED) is 0.853. The smallest absolute Gasteiger partial charge is 0.123 e. The van der Waals surface area contributed by atoms with Crippen molar-refractivity contribution >= 4 is 33.2 Å². The third-order valence-corrected chi connectivity index (χ3v) is 3.56. The number of rotatable bonds is 3. The second kappa shape index (κ2) is 5.52. The van der Waals surface area contributed by atoms with Crippen LogP contribution >= 0.6 is 27.5 Å². The fraction of sp³-hybridized carbons (Fsp3) is 0.0769. The van der Waals surface area contributed by atoms with Gasteiger partial charge in [0.1, 0.15) is 5.82 Å². The molecule has 0 amide bonds. The molecule has 0 fully saturated rings. The lowest BCUT2D eigenvalue weighted by atomic mass is 10.2. The molecule has 17 heavy (non-hydrogen) atoms. The molecule has 0 aliphatic carbocycles. The summed E-state index contributed by atoms with van der Waals surface area (Å²) in [6.45, 7) is 0.637. The first kappa shape index (κ1) is 12.4. The van der Waals surface area contributed by atoms with Crippen LogP contribution in [0.25, 0.3) is 0 Å². The van der Waals surface area contributed by atoms with Crippen molar-refractivity contribution in [3.05, 3.63) is 63.3 Å². The Morgan fingerprint density at radius 1 is 1.12 bits per heavy atom. The molecule has 88 valence electrons. The van der Waals surface area contributed by atoms with Gasteiger partial charge in [-0.1, -0.05) is 23.7 Å². The molecule has 0 bridgehead atoms. The van der Waals surface area contributed by atoms with E-state index in [-0.39, 0.29) is 5.82 Å². The van der Waals surface area contributed by atoms with E-state index in [1.807, 2.05) is 18.2 Å². The Balaban J connectivity index is 2.02. The number of nitrogens with one attached hydrogen (secondary N) is 1. The van der Waals surface area contributed by atoms with Gasteiger partial charge in [-0.2, -0.15) is 0 Å². The number of halogens is 3. The average molecular weight is 315 g/mol. The molecule has 0 atom stereocenters. The molecule has 0 aliphatic rings. The van der Waals surface area contributed by atoms with Crippen molar-refractivity contribution in [2.75, 3.05) is 5.32 Å². The van der Waals surface area contributed by atoms with Crippen molar-refractivity contribution in [3.8, 4) is 0 Å². The van der Waals surface area contributed by atoms with E-state index in [2.05, 4.69) is 21.2 Å². The van der Waals surface area contributed by atoms with Crippen molar-refractivity contribution in [1.29, 1.82) is 0 Å². The van der Waals surface area contributed by atoms with E-state index in [4.69, 9.17) is 11.6 Å². The van der Waals surface area contributed by atoms with Crippen molar-refractivity contribution in [1.82, 2.24) is 0 Å². The molecule has 2 aromatic carbocycles. The van der Waals surface area contributed by atoms with Crippen molar-refractivity contribution < 1.29 is 4.39 Å². The molecular formula is C13H10BrClFN. The maximum atomic E-state index is 12.7. The minimum Gasteiger partial charge on any atom is -0.381 e. The molecule has 0 aliphatic heterocycles. The summed E-state index contributed by atoms with van der Waals surface area (Å²) in [4.78, 5) is 0. The van der Waals surface area contributed by atoms with Crippen LogP contribution in [-0.2, 0) is 6.54 Å². The van der Waals surface area contributed by atoms with Gasteiger partial charge in [-0.05, 0) is 51.8 Å². The molecule has 1 nitrogen and oxygen atoms in total. The van der Waals surface area contributed by atoms with E-state index in [1.54, 1.807) is 12.1 Å². The lowest BCUT2D eigenvalue weighted by Crippen LogP contribution is -1.99. The second-order valence-corrected chi connectivity index (χ2v) is 4.87. The van der Waals surface area contributed by atoms with Crippen LogP contribution in [0.1, 0.15) is 5.56 Å². The van der Waals surface area contributed by atoms with Gasteiger partial charge in [0.2, 0.25) is 0 Å². The maximum absolute atomic E-state index is 12.7. The predicted molar refractivity (Wildman–Crippen MR) is 72.9 cm³/mol. The summed E-state index contributed by atoms with van der Waals surface area (Å²) in [5, 5.41) is 3.88. The van der Waals surface area contributed by atoms with E-state index >= 15 is 0 Å². The third-order valence-electron chi connectivity index (χ3n) is 2.33. The van der Waals surface area contributed by atoms with Crippen LogP contribution in [0.4, 0.5) is 10.1 Å². The summed E-state index contributed by atoms with van der Waals surface area (Å²) in [7, 11) is 0. The lowest BCUT2D eigenvalue weighted by Gasteiger charge is -2.07. The zero-order valence-electron chi connectivity index (χ0n) is 8.88. The first-order chi connectivity index (χ1) is 8.15. The molecule has 0 aromatic heterocycles. The van der Waals surface area contributed by atoms with E-state index in [1.165, 1.54) is 12.1 Å². The second-order valence-electron chi connectivity index (χ2n) is 3.61. The first-order valence-corrected chi connectivity index (χ1v) is 6.25. The van der Waals surface area contributed by atoms with Crippen LogP contribution in [0.2, 0.25) is 5.02 Å². The van der Waals surface area contributed by atoms with Gasteiger partial charge in [0.25, 0.3) is 0 Å². The van der Waals surface area contributed by atoms with Crippen LogP contribution in [0.5, 0.6) is 0 Å². The Morgan fingerprint density at radius 2 is 1.82 bits per heavy atom. The molecule has 2 aromatic rings. The van der Waals surface area contributed by atoms with E-state index in [0.717, 1.165) is 15.7 Å². The molecule has 0 saturated carbocycles. The standard InChI is InChI=1S/C13H10BrClFN/c14-12-6-5-11(7-13(12)15)17-8-9-1-3-10(16)4-2-9/h1-7,17H,8H2. The minimum atomic E-state index is -0.222. The molecular weight excluding hydrogens is 305 g/mol. The fourth-order valence-electron chi connectivity index (χ4n) is 1.41. The van der Waals surface area contributed by atoms with Crippen LogP contribution in [0, 0.1) is 5.82 Å². The summed E-state index contributed by atoms with van der Waals surface area (Å²) >= 11 is 9.31. The highest BCUT2D eigenvalue weighted by Gasteiger charge is 1.99. The topological polar surface area (TPSA) is 12.0 Å². The third kappa shape index (κ3) is 3.45. The van der Waals surface area contributed by atoms with Gasteiger partial charge in [-0.25, -0.2) is 4.39 Å². The highest BCUT2D eigenvalue weighted by molar-refractivity contribution is 9.10. The van der Waals surface area contributed by atoms with Crippen molar-refractivity contribution in [3.63, 3.8) is 0 Å². The molecule has 4 heteroatoms. The normalized spacial score (nSPS) is 10.3. The van der Waals surface area contributed by atoms with Gasteiger partial charge in [0, 0.05) is 16.7 Å². The summed E-state index contributed by atoms with van der Waals surface area (Å²) in [6.07, 6.45) is 0. The van der Waals surface area contributed by atoms with Gasteiger partial charge < -0.3 is 5.32 Å². The molecule has 0 unspecified atom stereocenters. The van der Waals surface area contributed by atoms with E-state index in [9.17, 15) is 4.39 Å². The Hall–Kier alpha value is -1.06. The SMILES string of the molecule is Fc1ccc(CNc2ccc(Br)c(Cl)c2)cc1. The van der Waals surface area contributed by atoms with Crippen LogP contribution in [-0.4, -0.2) is 0 Å². The predicted octanol–water partition coefficient (Wildman–Crippen LogP) is 4.85.